The molecule has 0 aromatic heterocycles. The van der Waals surface area contributed by atoms with Gasteiger partial charge in [0.15, 0.2) is 3.83 Å². The summed E-state index contributed by atoms with van der Waals surface area (Å²) in [5.41, 5.74) is 1.10. The van der Waals surface area contributed by atoms with Gasteiger partial charge in [-0.25, -0.2) is 4.39 Å². The van der Waals surface area contributed by atoms with Gasteiger partial charge in [0.1, 0.15) is 0 Å². The Bertz CT molecular complexity index is 268. The third-order valence-corrected chi connectivity index (χ3v) is 1.91. The number of benzene rings is 1. The summed E-state index contributed by atoms with van der Waals surface area (Å²) in [4.78, 5) is 0. The average Bonchev–Trinajstić information content (AvgIpc) is 2.14. The van der Waals surface area contributed by atoms with Crippen molar-refractivity contribution < 1.29 is 9.13 Å². The van der Waals surface area contributed by atoms with E-state index in [2.05, 4.69) is 0 Å². The van der Waals surface area contributed by atoms with Gasteiger partial charge < -0.3 is 4.74 Å². The summed E-state index contributed by atoms with van der Waals surface area (Å²) in [5, 5.41) is 0. The van der Waals surface area contributed by atoms with Crippen LogP contribution >= 0.6 is 22.6 Å². The first-order valence-corrected chi connectivity index (χ1v) is 5.00. The average molecular weight is 292 g/mol. The highest BCUT2D eigenvalue weighted by atomic mass is 127. The topological polar surface area (TPSA) is 9.23 Å². The first kappa shape index (κ1) is 10.7. The predicted octanol–water partition coefficient (Wildman–Crippen LogP) is 3.45. The second-order valence-electron chi connectivity index (χ2n) is 2.49. The Balaban J connectivity index is 2.25. The van der Waals surface area contributed by atoms with Gasteiger partial charge in [-0.3, -0.25) is 0 Å². The molecule has 3 heteroatoms. The maximum absolute atomic E-state index is 12.2. The van der Waals surface area contributed by atoms with Gasteiger partial charge in [0.25, 0.3) is 0 Å². The minimum Gasteiger partial charge on any atom is -0.373 e. The Morgan fingerprint density at radius 3 is 2.69 bits per heavy atom. The van der Waals surface area contributed by atoms with Crippen molar-refractivity contribution in [3.63, 3.8) is 0 Å². The molecule has 70 valence electrons. The van der Waals surface area contributed by atoms with E-state index in [4.69, 9.17) is 4.74 Å². The smallest absolute Gasteiger partial charge is 0.158 e. The highest BCUT2D eigenvalue weighted by Gasteiger charge is 1.90. The lowest BCUT2D eigenvalue weighted by molar-refractivity contribution is 0.148. The minimum absolute atomic E-state index is 0.231. The normalized spacial score (nSPS) is 11.7. The molecule has 0 aliphatic carbocycles. The lowest BCUT2D eigenvalue weighted by Crippen LogP contribution is -1.92. The number of hydrogen-bond acceptors (Lipinski definition) is 1. The molecule has 1 aromatic carbocycles. The van der Waals surface area contributed by atoms with E-state index in [1.54, 1.807) is 22.6 Å². The molecule has 0 spiro atoms. The van der Waals surface area contributed by atoms with Crippen LogP contribution in [-0.2, 0) is 11.3 Å². The number of rotatable bonds is 4. The van der Waals surface area contributed by atoms with Gasteiger partial charge in [0.05, 0.1) is 13.2 Å². The summed E-state index contributed by atoms with van der Waals surface area (Å²) >= 11 is 1.61. The fourth-order valence-corrected chi connectivity index (χ4v) is 1.05. The Kier molecular flexibility index (Phi) is 5.00. The first-order chi connectivity index (χ1) is 6.29. The molecule has 0 fully saturated rings. The van der Waals surface area contributed by atoms with Crippen LogP contribution in [0, 0.1) is 0 Å². The van der Waals surface area contributed by atoms with E-state index in [1.165, 1.54) is 6.08 Å². The summed E-state index contributed by atoms with van der Waals surface area (Å²) in [6.45, 7) is 0.852. The van der Waals surface area contributed by atoms with Crippen LogP contribution in [0.2, 0.25) is 0 Å². The molecular weight excluding hydrogens is 282 g/mol. The van der Waals surface area contributed by atoms with E-state index >= 15 is 0 Å². The van der Waals surface area contributed by atoms with Crippen LogP contribution in [-0.4, -0.2) is 6.61 Å². The Labute approximate surface area is 90.7 Å². The zero-order valence-electron chi connectivity index (χ0n) is 7.04. The second-order valence-corrected chi connectivity index (χ2v) is 3.53. The maximum atomic E-state index is 12.2. The maximum Gasteiger partial charge on any atom is 0.158 e. The molecule has 1 aromatic rings. The van der Waals surface area contributed by atoms with E-state index < -0.39 is 0 Å². The van der Waals surface area contributed by atoms with Crippen LogP contribution in [0.1, 0.15) is 5.56 Å². The molecule has 13 heavy (non-hydrogen) atoms. The number of halogens is 2. The van der Waals surface area contributed by atoms with Crippen molar-refractivity contribution in [2.24, 2.45) is 0 Å². The third kappa shape index (κ3) is 5.00. The number of ether oxygens (including phenoxy) is 1. The number of hydrogen-bond donors (Lipinski definition) is 0. The summed E-state index contributed by atoms with van der Waals surface area (Å²) < 4.78 is 17.2. The van der Waals surface area contributed by atoms with Gasteiger partial charge in [-0.2, -0.15) is 0 Å². The van der Waals surface area contributed by atoms with E-state index in [-0.39, 0.29) is 3.83 Å². The quantitative estimate of drug-likeness (QED) is 0.610. The summed E-state index contributed by atoms with van der Waals surface area (Å²) in [5.74, 6) is 0. The van der Waals surface area contributed by atoms with Gasteiger partial charge in [-0.1, -0.05) is 30.3 Å². The van der Waals surface area contributed by atoms with E-state index in [1.807, 2.05) is 30.3 Å². The molecule has 0 unspecified atom stereocenters. The molecule has 1 nitrogen and oxygen atoms in total. The van der Waals surface area contributed by atoms with Gasteiger partial charge >= 0.3 is 0 Å². The first-order valence-electron chi connectivity index (χ1n) is 3.92. The highest BCUT2D eigenvalue weighted by molar-refractivity contribution is 14.1. The molecule has 0 saturated heterocycles. The zero-order chi connectivity index (χ0) is 9.52. The Morgan fingerprint density at radius 2 is 2.08 bits per heavy atom. The lowest BCUT2D eigenvalue weighted by Gasteiger charge is -2.00. The molecule has 0 atom stereocenters. The van der Waals surface area contributed by atoms with Crippen molar-refractivity contribution in [2.75, 3.05) is 6.61 Å². The minimum atomic E-state index is -0.231. The van der Waals surface area contributed by atoms with E-state index in [0.717, 1.165) is 5.56 Å². The molecule has 0 bridgehead atoms. The van der Waals surface area contributed by atoms with Crippen LogP contribution in [0.15, 0.2) is 40.2 Å². The SMILES string of the molecule is F/C(I)=C/COCc1ccccc1. The van der Waals surface area contributed by atoms with Gasteiger partial charge in [0, 0.05) is 0 Å². The molecule has 0 aliphatic heterocycles. The van der Waals surface area contributed by atoms with Gasteiger partial charge in [-0.05, 0) is 34.2 Å². The molecule has 0 heterocycles. The van der Waals surface area contributed by atoms with Crippen LogP contribution in [0.3, 0.4) is 0 Å². The second kappa shape index (κ2) is 6.10. The molecular formula is C10H10FIO. The standard InChI is InChI=1S/C10H10FIO/c11-10(12)6-7-13-8-9-4-2-1-3-5-9/h1-6H,7-8H2/b10-6-. The van der Waals surface area contributed by atoms with Crippen LogP contribution in [0.5, 0.6) is 0 Å². The van der Waals surface area contributed by atoms with Crippen molar-refractivity contribution >= 4 is 22.6 Å². The molecule has 0 aliphatic rings. The summed E-state index contributed by atoms with van der Waals surface area (Å²) in [7, 11) is 0. The Hall–Kier alpha value is -0.420. The lowest BCUT2D eigenvalue weighted by atomic mass is 10.2. The summed E-state index contributed by atoms with van der Waals surface area (Å²) in [6, 6.07) is 9.81. The van der Waals surface area contributed by atoms with Gasteiger partial charge in [0.2, 0.25) is 0 Å². The van der Waals surface area contributed by atoms with Crippen LogP contribution in [0.4, 0.5) is 4.39 Å². The molecule has 0 radical (unpaired) electrons. The largest absolute Gasteiger partial charge is 0.373 e. The Morgan fingerprint density at radius 1 is 1.38 bits per heavy atom. The van der Waals surface area contributed by atoms with Gasteiger partial charge in [-0.15, -0.1) is 0 Å². The fourth-order valence-electron chi connectivity index (χ4n) is 0.873. The van der Waals surface area contributed by atoms with E-state index in [0.29, 0.717) is 13.2 Å². The molecule has 0 amide bonds. The fraction of sp³-hybridized carbons (Fsp3) is 0.200. The van der Waals surface area contributed by atoms with Crippen molar-refractivity contribution in [2.45, 2.75) is 6.61 Å². The van der Waals surface area contributed by atoms with Crippen LogP contribution < -0.4 is 0 Å². The third-order valence-electron chi connectivity index (χ3n) is 1.47. The summed E-state index contributed by atoms with van der Waals surface area (Å²) in [6.07, 6.45) is 1.41. The van der Waals surface area contributed by atoms with E-state index in [9.17, 15) is 4.39 Å². The zero-order valence-corrected chi connectivity index (χ0v) is 9.20. The molecule has 1 rings (SSSR count). The van der Waals surface area contributed by atoms with Crippen molar-refractivity contribution in [3.8, 4) is 0 Å². The molecule has 0 saturated carbocycles. The predicted molar refractivity (Wildman–Crippen MR) is 59.3 cm³/mol. The van der Waals surface area contributed by atoms with Crippen molar-refractivity contribution in [3.05, 3.63) is 45.8 Å². The highest BCUT2D eigenvalue weighted by Crippen LogP contribution is 2.06. The van der Waals surface area contributed by atoms with Crippen molar-refractivity contribution in [1.82, 2.24) is 0 Å². The monoisotopic (exact) mass is 292 g/mol. The molecule has 0 N–H and O–H groups in total. The van der Waals surface area contributed by atoms with Crippen molar-refractivity contribution in [1.29, 1.82) is 0 Å². The van der Waals surface area contributed by atoms with Crippen LogP contribution in [0.25, 0.3) is 0 Å².